The molecule has 7 nitrogen and oxygen atoms in total. The number of carbonyl (C=O) groups is 1. The minimum atomic E-state index is -0.578. The number of esters is 1. The number of anilines is 2. The fourth-order valence-electron chi connectivity index (χ4n) is 4.33. The molecule has 0 saturated carbocycles. The van der Waals surface area contributed by atoms with Crippen molar-refractivity contribution in [1.82, 2.24) is 0 Å². The van der Waals surface area contributed by atoms with Gasteiger partial charge < -0.3 is 29.2 Å². The van der Waals surface area contributed by atoms with Crippen LogP contribution in [0.2, 0.25) is 0 Å². The van der Waals surface area contributed by atoms with E-state index in [1.165, 1.54) is 12.7 Å². The van der Waals surface area contributed by atoms with Crippen molar-refractivity contribution in [3.05, 3.63) is 83.9 Å². The summed E-state index contributed by atoms with van der Waals surface area (Å²) in [5, 5.41) is 3.44. The quantitative estimate of drug-likeness (QED) is 0.257. The van der Waals surface area contributed by atoms with E-state index >= 15 is 0 Å². The third-order valence-electron chi connectivity index (χ3n) is 6.29. The van der Waals surface area contributed by atoms with Gasteiger partial charge in [-0.15, -0.1) is 0 Å². The fourth-order valence-corrected chi connectivity index (χ4v) is 4.33. The Morgan fingerprint density at radius 3 is 2.54 bits per heavy atom. The van der Waals surface area contributed by atoms with Gasteiger partial charge >= 0.3 is 5.97 Å². The number of hydrogen-bond acceptors (Lipinski definition) is 7. The molecule has 3 aromatic rings. The highest BCUT2D eigenvalue weighted by Crippen LogP contribution is 2.30. The van der Waals surface area contributed by atoms with Crippen molar-refractivity contribution in [3.63, 3.8) is 0 Å². The topological polar surface area (TPSA) is 69.3 Å². The average Bonchev–Trinajstić information content (AvgIpc) is 2.95. The van der Waals surface area contributed by atoms with E-state index in [0.717, 1.165) is 54.6 Å². The van der Waals surface area contributed by atoms with Crippen LogP contribution in [0.25, 0.3) is 0 Å². The Hall–Kier alpha value is -3.71. The number of nitrogens with one attached hydrogen (secondary N) is 1. The van der Waals surface area contributed by atoms with Crippen molar-refractivity contribution in [2.45, 2.75) is 32.4 Å². The van der Waals surface area contributed by atoms with E-state index < -0.39 is 6.10 Å². The first-order valence-corrected chi connectivity index (χ1v) is 12.9. The van der Waals surface area contributed by atoms with Crippen LogP contribution in [-0.2, 0) is 27.2 Å². The molecule has 1 atom stereocenters. The van der Waals surface area contributed by atoms with Crippen LogP contribution in [-0.4, -0.2) is 52.1 Å². The lowest BCUT2D eigenvalue weighted by Crippen LogP contribution is -2.34. The molecule has 0 saturated heterocycles. The van der Waals surface area contributed by atoms with Gasteiger partial charge in [0, 0.05) is 31.8 Å². The summed E-state index contributed by atoms with van der Waals surface area (Å²) >= 11 is 0. The number of hydrogen-bond donors (Lipinski definition) is 1. The minimum absolute atomic E-state index is 0.348. The molecule has 1 aliphatic rings. The zero-order valence-electron chi connectivity index (χ0n) is 21.7. The highest BCUT2D eigenvalue weighted by molar-refractivity contribution is 5.75. The first kappa shape index (κ1) is 26.4. The summed E-state index contributed by atoms with van der Waals surface area (Å²) in [4.78, 5) is 14.2. The number of ether oxygens (including phenoxy) is 4. The van der Waals surface area contributed by atoms with Gasteiger partial charge in [-0.25, -0.2) is 4.79 Å². The molecule has 0 aromatic heterocycles. The van der Waals surface area contributed by atoms with E-state index in [0.29, 0.717) is 26.2 Å². The van der Waals surface area contributed by atoms with E-state index in [-0.39, 0.29) is 5.97 Å². The summed E-state index contributed by atoms with van der Waals surface area (Å²) in [6, 6.07) is 24.4. The molecule has 1 heterocycles. The number of carbonyl (C=O) groups excluding carboxylic acids is 1. The Morgan fingerprint density at radius 2 is 1.78 bits per heavy atom. The van der Waals surface area contributed by atoms with Crippen LogP contribution < -0.4 is 19.7 Å². The number of fused-ring (bicyclic) bond motifs is 1. The first-order chi connectivity index (χ1) is 18.2. The van der Waals surface area contributed by atoms with Crippen molar-refractivity contribution >= 4 is 17.3 Å². The third kappa shape index (κ3) is 7.64. The maximum atomic E-state index is 11.9. The summed E-state index contributed by atoms with van der Waals surface area (Å²) in [6.45, 7) is 6.28. The molecule has 1 unspecified atom stereocenters. The number of rotatable bonds is 13. The molecule has 196 valence electrons. The van der Waals surface area contributed by atoms with Gasteiger partial charge in [-0.2, -0.15) is 0 Å². The molecule has 0 spiro atoms. The van der Waals surface area contributed by atoms with Crippen molar-refractivity contribution in [3.8, 4) is 11.5 Å². The third-order valence-corrected chi connectivity index (χ3v) is 6.29. The molecule has 0 fully saturated rings. The number of nitrogens with zero attached hydrogens (tertiary/aromatic N) is 1. The van der Waals surface area contributed by atoms with Gasteiger partial charge in [-0.1, -0.05) is 36.4 Å². The van der Waals surface area contributed by atoms with E-state index in [9.17, 15) is 4.79 Å². The summed E-state index contributed by atoms with van der Waals surface area (Å²) in [7, 11) is 1.38. The van der Waals surface area contributed by atoms with Crippen LogP contribution in [0.5, 0.6) is 11.5 Å². The van der Waals surface area contributed by atoms with Gasteiger partial charge in [0.2, 0.25) is 0 Å². The smallest absolute Gasteiger partial charge is 0.335 e. The van der Waals surface area contributed by atoms with Gasteiger partial charge in [0.05, 0.1) is 25.9 Å². The number of para-hydroxylation sites is 2. The normalized spacial score (nSPS) is 13.3. The summed E-state index contributed by atoms with van der Waals surface area (Å²) in [6.07, 6.45) is 0.853. The van der Waals surface area contributed by atoms with E-state index in [4.69, 9.17) is 18.9 Å². The van der Waals surface area contributed by atoms with Crippen LogP contribution in [0.3, 0.4) is 0 Å². The Labute approximate surface area is 219 Å². The Kier molecular flexibility index (Phi) is 9.66. The summed E-state index contributed by atoms with van der Waals surface area (Å²) in [5.74, 6) is 1.49. The molecule has 4 rings (SSSR count). The van der Waals surface area contributed by atoms with Gasteiger partial charge in [-0.3, -0.25) is 0 Å². The second-order valence-electron chi connectivity index (χ2n) is 8.87. The number of methoxy groups -OCH3 is 1. The van der Waals surface area contributed by atoms with Crippen LogP contribution >= 0.6 is 0 Å². The molecule has 0 bridgehead atoms. The maximum Gasteiger partial charge on any atom is 0.335 e. The largest absolute Gasteiger partial charge is 0.494 e. The Bertz CT molecular complexity index is 1120. The molecule has 1 N–H and O–H groups in total. The molecular formula is C30H36N2O5. The lowest BCUT2D eigenvalue weighted by molar-refractivity contribution is -0.153. The molecule has 0 aliphatic carbocycles. The van der Waals surface area contributed by atoms with Crippen molar-refractivity contribution in [1.29, 1.82) is 0 Å². The zero-order chi connectivity index (χ0) is 25.9. The van der Waals surface area contributed by atoms with Crippen LogP contribution in [0, 0.1) is 0 Å². The predicted octanol–water partition coefficient (Wildman–Crippen LogP) is 5.09. The SMILES string of the molecule is CCOC(Cc1ccc(NCc2ccc(OCCCN3CCOc4ccccc43)cc2)cc1)C(=O)OC. The highest BCUT2D eigenvalue weighted by Gasteiger charge is 2.20. The zero-order valence-corrected chi connectivity index (χ0v) is 21.7. The molecule has 7 heteroatoms. The molecule has 3 aromatic carbocycles. The monoisotopic (exact) mass is 504 g/mol. The van der Waals surface area contributed by atoms with Gasteiger partial charge in [0.1, 0.15) is 18.1 Å². The second-order valence-corrected chi connectivity index (χ2v) is 8.87. The highest BCUT2D eigenvalue weighted by atomic mass is 16.6. The molecule has 0 amide bonds. The van der Waals surface area contributed by atoms with E-state index in [2.05, 4.69) is 28.4 Å². The van der Waals surface area contributed by atoms with Crippen LogP contribution in [0.4, 0.5) is 11.4 Å². The van der Waals surface area contributed by atoms with E-state index in [1.54, 1.807) is 0 Å². The van der Waals surface area contributed by atoms with E-state index in [1.807, 2.05) is 61.5 Å². The predicted molar refractivity (Wildman–Crippen MR) is 146 cm³/mol. The minimum Gasteiger partial charge on any atom is -0.494 e. The Morgan fingerprint density at radius 1 is 1.03 bits per heavy atom. The van der Waals surface area contributed by atoms with Crippen molar-refractivity contribution < 1.29 is 23.7 Å². The first-order valence-electron chi connectivity index (χ1n) is 12.9. The maximum absolute atomic E-state index is 11.9. The Balaban J connectivity index is 1.18. The van der Waals surface area contributed by atoms with Gasteiger partial charge in [-0.05, 0) is 60.9 Å². The lowest BCUT2D eigenvalue weighted by Gasteiger charge is -2.31. The van der Waals surface area contributed by atoms with Crippen molar-refractivity contribution in [2.24, 2.45) is 0 Å². The average molecular weight is 505 g/mol. The molecule has 1 aliphatic heterocycles. The standard InChI is InChI=1S/C30H36N2O5/c1-3-35-29(30(33)34-2)21-23-9-13-25(14-10-23)31-22-24-11-15-26(16-12-24)36-19-6-17-32-18-20-37-28-8-5-4-7-27(28)32/h4-5,7-16,29,31H,3,6,17-22H2,1-2H3. The lowest BCUT2D eigenvalue weighted by atomic mass is 10.1. The van der Waals surface area contributed by atoms with Crippen LogP contribution in [0.15, 0.2) is 72.8 Å². The van der Waals surface area contributed by atoms with Crippen molar-refractivity contribution in [2.75, 3.05) is 50.2 Å². The second kappa shape index (κ2) is 13.6. The molecular weight excluding hydrogens is 468 g/mol. The summed E-state index contributed by atoms with van der Waals surface area (Å²) in [5.41, 5.74) is 4.37. The van der Waals surface area contributed by atoms with Crippen LogP contribution in [0.1, 0.15) is 24.5 Å². The molecule has 37 heavy (non-hydrogen) atoms. The van der Waals surface area contributed by atoms with Gasteiger partial charge in [0.25, 0.3) is 0 Å². The summed E-state index contributed by atoms with van der Waals surface area (Å²) < 4.78 is 22.0. The van der Waals surface area contributed by atoms with Gasteiger partial charge in [0.15, 0.2) is 6.10 Å². The number of benzene rings is 3. The fraction of sp³-hybridized carbons (Fsp3) is 0.367. The molecule has 0 radical (unpaired) electrons.